The number of rotatable bonds is 14. The molecular formula is C34H43Br2NO7S2. The zero-order valence-electron chi connectivity index (χ0n) is 26.8. The third kappa shape index (κ3) is 8.96. The van der Waals surface area contributed by atoms with Gasteiger partial charge in [-0.15, -0.1) is 11.8 Å². The van der Waals surface area contributed by atoms with Crippen LogP contribution in [0.1, 0.15) is 82.1 Å². The molecule has 46 heavy (non-hydrogen) atoms. The van der Waals surface area contributed by atoms with Crippen molar-refractivity contribution in [3.63, 3.8) is 0 Å². The molecule has 3 aliphatic heterocycles. The Morgan fingerprint density at radius 3 is 2.43 bits per heavy atom. The highest BCUT2D eigenvalue weighted by Gasteiger charge is 2.70. The smallest absolute Gasteiger partial charge is 0.330 e. The van der Waals surface area contributed by atoms with E-state index in [4.69, 9.17) is 14.2 Å². The van der Waals surface area contributed by atoms with E-state index in [1.165, 1.54) is 54.3 Å². The van der Waals surface area contributed by atoms with Crippen molar-refractivity contribution in [1.82, 2.24) is 4.90 Å². The Morgan fingerprint density at radius 1 is 1.04 bits per heavy atom. The van der Waals surface area contributed by atoms with Crippen LogP contribution in [0.15, 0.2) is 48.5 Å². The van der Waals surface area contributed by atoms with Crippen molar-refractivity contribution in [2.45, 2.75) is 97.3 Å². The topological polar surface area (TPSA) is 99.2 Å². The van der Waals surface area contributed by atoms with Gasteiger partial charge in [-0.25, -0.2) is 4.79 Å². The first-order chi connectivity index (χ1) is 21.9. The second kappa shape index (κ2) is 16.5. The summed E-state index contributed by atoms with van der Waals surface area (Å²) >= 11 is 8.23. The minimum Gasteiger partial charge on any atom is -0.456 e. The highest BCUT2D eigenvalue weighted by atomic mass is 79.9. The largest absolute Gasteiger partial charge is 0.456 e. The molecule has 252 valence electrons. The Morgan fingerprint density at radius 2 is 1.72 bits per heavy atom. The van der Waals surface area contributed by atoms with Crippen molar-refractivity contribution in [2.24, 2.45) is 0 Å². The number of carbonyl (C=O) groups is 3. The Balaban J connectivity index is 0.000000210. The van der Waals surface area contributed by atoms with Crippen LogP contribution < -0.4 is 9.47 Å². The highest BCUT2D eigenvalue weighted by Crippen LogP contribution is 2.60. The summed E-state index contributed by atoms with van der Waals surface area (Å²) in [5.41, 5.74) is 1.66. The first kappa shape index (κ1) is 36.9. The number of amides is 1. The Labute approximate surface area is 295 Å². The molecule has 0 saturated carbocycles. The van der Waals surface area contributed by atoms with Gasteiger partial charge in [0.2, 0.25) is 6.79 Å². The monoisotopic (exact) mass is 799 g/mol. The average molecular weight is 802 g/mol. The molecule has 0 bridgehead atoms. The zero-order valence-corrected chi connectivity index (χ0v) is 31.6. The summed E-state index contributed by atoms with van der Waals surface area (Å²) in [6.45, 7) is 8.07. The van der Waals surface area contributed by atoms with Gasteiger partial charge >= 0.3 is 5.97 Å². The van der Waals surface area contributed by atoms with Crippen LogP contribution in [0.3, 0.4) is 0 Å². The fourth-order valence-electron chi connectivity index (χ4n) is 5.60. The van der Waals surface area contributed by atoms with Crippen molar-refractivity contribution in [3.8, 4) is 11.5 Å². The SMILES string of the molecule is CC1(C)S[C@H]2N(C(=O)C2(Br)Br)[C@H]1C(=O)OCC(=O)c1ccccc1.CCCCCCCCS(=O)C(C)Cc1ccc2c(c1)OCO2. The molecule has 2 unspecified atom stereocenters. The number of hydrogen-bond acceptors (Lipinski definition) is 8. The molecule has 4 atom stereocenters. The van der Waals surface area contributed by atoms with Gasteiger partial charge in [-0.2, -0.15) is 0 Å². The number of hydrogen-bond donors (Lipinski definition) is 0. The summed E-state index contributed by atoms with van der Waals surface area (Å²) in [5, 5.41) is -0.00149. The van der Waals surface area contributed by atoms with E-state index in [9.17, 15) is 18.6 Å². The van der Waals surface area contributed by atoms with Crippen LogP contribution in [0.2, 0.25) is 0 Å². The number of nitrogens with zero attached hydrogens (tertiary/aromatic N) is 1. The summed E-state index contributed by atoms with van der Waals surface area (Å²) in [4.78, 5) is 38.4. The number of Topliss-reactive ketones (excluding diaryl/α,β-unsaturated/α-hetero) is 1. The van der Waals surface area contributed by atoms with Crippen molar-refractivity contribution >= 4 is 72.1 Å². The molecule has 2 aromatic carbocycles. The van der Waals surface area contributed by atoms with Crippen LogP contribution in [0.4, 0.5) is 0 Å². The molecule has 5 rings (SSSR count). The fraction of sp³-hybridized carbons (Fsp3) is 0.559. The lowest BCUT2D eigenvalue weighted by molar-refractivity contribution is -0.160. The van der Waals surface area contributed by atoms with Crippen LogP contribution >= 0.6 is 43.6 Å². The van der Waals surface area contributed by atoms with E-state index < -0.39 is 30.8 Å². The first-order valence-corrected chi connectivity index (χ1v) is 19.6. The Bertz CT molecular complexity index is 1410. The molecule has 12 heteroatoms. The third-order valence-corrected chi connectivity index (χ3v) is 13.7. The van der Waals surface area contributed by atoms with Gasteiger partial charge < -0.3 is 19.1 Å². The second-order valence-electron chi connectivity index (χ2n) is 12.3. The molecule has 3 aliphatic rings. The number of benzene rings is 2. The number of carbonyl (C=O) groups excluding carboxylic acids is 3. The molecule has 0 aliphatic carbocycles. The summed E-state index contributed by atoms with van der Waals surface area (Å²) in [5.74, 6) is 1.42. The van der Waals surface area contributed by atoms with Gasteiger partial charge in [0.25, 0.3) is 5.91 Å². The maximum absolute atomic E-state index is 12.5. The zero-order chi connectivity index (χ0) is 33.5. The van der Waals surface area contributed by atoms with Crippen molar-refractivity contribution < 1.29 is 32.8 Å². The number of alkyl halides is 2. The van der Waals surface area contributed by atoms with E-state index in [-0.39, 0.29) is 28.9 Å². The normalized spacial score (nSPS) is 21.3. The molecule has 3 heterocycles. The lowest BCUT2D eigenvalue weighted by Crippen LogP contribution is -2.68. The maximum atomic E-state index is 12.5. The summed E-state index contributed by atoms with van der Waals surface area (Å²) in [6.07, 6.45) is 8.32. The number of halogens is 2. The van der Waals surface area contributed by atoms with Crippen LogP contribution in [-0.2, 0) is 31.5 Å². The van der Waals surface area contributed by atoms with Crippen LogP contribution in [0.25, 0.3) is 0 Å². The molecule has 2 fully saturated rings. The molecule has 0 spiro atoms. The number of unbranched alkanes of at least 4 members (excludes halogenated alkanes) is 5. The van der Waals surface area contributed by atoms with Crippen molar-refractivity contribution in [1.29, 1.82) is 0 Å². The minimum atomic E-state index is -0.836. The highest BCUT2D eigenvalue weighted by molar-refractivity contribution is 9.26. The summed E-state index contributed by atoms with van der Waals surface area (Å²) < 4.78 is 26.9. The molecule has 0 radical (unpaired) electrons. The molecule has 0 aromatic heterocycles. The number of ether oxygens (including phenoxy) is 3. The van der Waals surface area contributed by atoms with Crippen molar-refractivity contribution in [2.75, 3.05) is 19.2 Å². The van der Waals surface area contributed by atoms with Gasteiger partial charge in [-0.1, -0.05) is 114 Å². The average Bonchev–Trinajstić information content (AvgIpc) is 3.62. The number of fused-ring (bicyclic) bond motifs is 2. The van der Waals surface area contributed by atoms with E-state index in [2.05, 4.69) is 45.7 Å². The Hall–Kier alpha value is -1.89. The standard InChI is InChI=1S/C18H28O3S.C16H15Br2NO4S/c1-3-4-5-6-7-8-11-22(19)15(2)12-16-9-10-17-18(13-16)21-14-20-17;1-15(2)11(19-13(22)16(17,18)14(19)24-15)12(21)23-8-10(20)9-6-4-3-5-7-9/h9-10,13,15H,3-8,11-12,14H2,1-2H3;3-7,11,14H,8H2,1-2H3/t;11-,14+/m.0/s1. The predicted octanol–water partition coefficient (Wildman–Crippen LogP) is 7.42. The van der Waals surface area contributed by atoms with E-state index in [0.29, 0.717) is 12.4 Å². The Kier molecular flexibility index (Phi) is 13.2. The second-order valence-corrected chi connectivity index (χ2v) is 19.5. The first-order valence-electron chi connectivity index (χ1n) is 15.8. The number of β-lactam (4-membered cyclic amide) rings is 1. The lowest BCUT2D eigenvalue weighted by Gasteiger charge is -2.46. The van der Waals surface area contributed by atoms with E-state index in [1.807, 2.05) is 38.1 Å². The summed E-state index contributed by atoms with van der Waals surface area (Å²) in [6, 6.07) is 13.9. The van der Waals surface area contributed by atoms with E-state index in [1.54, 1.807) is 24.3 Å². The lowest BCUT2D eigenvalue weighted by atomic mass is 9.98. The maximum Gasteiger partial charge on any atom is 0.330 e. The predicted molar refractivity (Wildman–Crippen MR) is 191 cm³/mol. The number of esters is 1. The number of thioether (sulfide) groups is 1. The van der Waals surface area contributed by atoms with Gasteiger partial charge in [-0.3, -0.25) is 13.8 Å². The van der Waals surface area contributed by atoms with Gasteiger partial charge in [0.05, 0.1) is 0 Å². The van der Waals surface area contributed by atoms with Crippen LogP contribution in [0, 0.1) is 0 Å². The van der Waals surface area contributed by atoms with Crippen LogP contribution in [0.5, 0.6) is 11.5 Å². The van der Waals surface area contributed by atoms with Crippen molar-refractivity contribution in [3.05, 3.63) is 59.7 Å². The molecular weight excluding hydrogens is 758 g/mol. The van der Waals surface area contributed by atoms with E-state index in [0.717, 1.165) is 30.1 Å². The fourth-order valence-corrected chi connectivity index (χ4v) is 9.78. The molecule has 1 amide bonds. The molecule has 2 saturated heterocycles. The number of ketones is 1. The third-order valence-electron chi connectivity index (χ3n) is 8.21. The molecule has 0 N–H and O–H groups in total. The van der Waals surface area contributed by atoms with Gasteiger partial charge in [0.1, 0.15) is 11.4 Å². The molecule has 8 nitrogen and oxygen atoms in total. The van der Waals surface area contributed by atoms with Gasteiger partial charge in [-0.05, 0) is 44.4 Å². The summed E-state index contributed by atoms with van der Waals surface area (Å²) in [7, 11) is -0.743. The van der Waals surface area contributed by atoms with Gasteiger partial charge in [0.15, 0.2) is 27.1 Å². The molecule has 2 aromatic rings. The quantitative estimate of drug-likeness (QED) is 0.0641. The minimum absolute atomic E-state index is 0.191. The van der Waals surface area contributed by atoms with Gasteiger partial charge in [0, 0.05) is 32.1 Å². The van der Waals surface area contributed by atoms with E-state index >= 15 is 0 Å². The van der Waals surface area contributed by atoms with Crippen LogP contribution in [-0.4, -0.2) is 70.6 Å².